The SMILES string of the molecule is C=CCOc1ccc(/C=C2/SC(=O)N(CC(=O)N3CCc4ccccc4C3)C2=O)cc1. The zero-order chi connectivity index (χ0) is 21.8. The molecule has 6 nitrogen and oxygen atoms in total. The molecule has 2 aromatic carbocycles. The van der Waals surface area contributed by atoms with Gasteiger partial charge in [-0.25, -0.2) is 0 Å². The van der Waals surface area contributed by atoms with Crippen molar-refractivity contribution in [1.29, 1.82) is 0 Å². The Morgan fingerprint density at radius 2 is 1.84 bits per heavy atom. The Morgan fingerprint density at radius 1 is 1.10 bits per heavy atom. The Balaban J connectivity index is 1.41. The number of imide groups is 1. The van der Waals surface area contributed by atoms with Crippen LogP contribution in [0, 0.1) is 0 Å². The fourth-order valence-corrected chi connectivity index (χ4v) is 4.39. The lowest BCUT2D eigenvalue weighted by molar-refractivity contribution is -0.136. The molecule has 0 saturated carbocycles. The zero-order valence-electron chi connectivity index (χ0n) is 17.0. The largest absolute Gasteiger partial charge is 0.490 e. The number of carbonyl (C=O) groups is 3. The van der Waals surface area contributed by atoms with E-state index in [0.29, 0.717) is 30.4 Å². The molecule has 0 radical (unpaired) electrons. The van der Waals surface area contributed by atoms with Crippen molar-refractivity contribution in [3.63, 3.8) is 0 Å². The number of benzene rings is 2. The lowest BCUT2D eigenvalue weighted by Crippen LogP contribution is -2.44. The highest BCUT2D eigenvalue weighted by Crippen LogP contribution is 2.32. The summed E-state index contributed by atoms with van der Waals surface area (Å²) in [7, 11) is 0. The molecule has 0 bridgehead atoms. The molecule has 0 aromatic heterocycles. The molecule has 2 aliphatic heterocycles. The van der Waals surface area contributed by atoms with Crippen LogP contribution in [0.25, 0.3) is 6.08 Å². The highest BCUT2D eigenvalue weighted by Gasteiger charge is 2.37. The molecular formula is C24H22N2O4S. The van der Waals surface area contributed by atoms with E-state index in [1.165, 1.54) is 5.56 Å². The average molecular weight is 435 g/mol. The number of hydrogen-bond donors (Lipinski definition) is 0. The second-order valence-electron chi connectivity index (χ2n) is 7.27. The number of rotatable bonds is 6. The van der Waals surface area contributed by atoms with Crippen molar-refractivity contribution in [3.8, 4) is 5.75 Å². The molecule has 2 heterocycles. The number of fused-ring (bicyclic) bond motifs is 1. The van der Waals surface area contributed by atoms with Crippen LogP contribution in [0.1, 0.15) is 16.7 Å². The standard InChI is InChI=1S/C24H22N2O4S/c1-2-13-30-20-9-7-17(8-10-20)14-21-23(28)26(24(29)31-21)16-22(27)25-12-11-18-5-3-4-6-19(18)15-25/h2-10,14H,1,11-13,15-16H2/b21-14+. The average Bonchev–Trinajstić information content (AvgIpc) is 3.05. The number of thioether (sulfide) groups is 1. The van der Waals surface area contributed by atoms with Gasteiger partial charge >= 0.3 is 0 Å². The summed E-state index contributed by atoms with van der Waals surface area (Å²) in [6, 6.07) is 15.2. The number of ether oxygens (including phenoxy) is 1. The van der Waals surface area contributed by atoms with E-state index in [0.717, 1.165) is 34.2 Å². The van der Waals surface area contributed by atoms with E-state index in [9.17, 15) is 14.4 Å². The first-order valence-corrected chi connectivity index (χ1v) is 10.8. The minimum atomic E-state index is -0.437. The fourth-order valence-electron chi connectivity index (χ4n) is 3.55. The van der Waals surface area contributed by atoms with Crippen molar-refractivity contribution in [2.45, 2.75) is 13.0 Å². The van der Waals surface area contributed by atoms with E-state index < -0.39 is 11.1 Å². The van der Waals surface area contributed by atoms with Crippen molar-refractivity contribution in [1.82, 2.24) is 9.80 Å². The summed E-state index contributed by atoms with van der Waals surface area (Å²) in [6.07, 6.45) is 4.09. The van der Waals surface area contributed by atoms with Gasteiger partial charge in [-0.1, -0.05) is 49.1 Å². The third kappa shape index (κ3) is 4.72. The molecule has 31 heavy (non-hydrogen) atoms. The third-order valence-corrected chi connectivity index (χ3v) is 6.10. The lowest BCUT2D eigenvalue weighted by Gasteiger charge is -2.29. The van der Waals surface area contributed by atoms with Gasteiger partial charge in [0.15, 0.2) is 0 Å². The van der Waals surface area contributed by atoms with Gasteiger partial charge in [-0.05, 0) is 53.1 Å². The maximum absolute atomic E-state index is 12.8. The van der Waals surface area contributed by atoms with Crippen molar-refractivity contribution in [3.05, 3.63) is 82.8 Å². The highest BCUT2D eigenvalue weighted by molar-refractivity contribution is 8.18. The summed E-state index contributed by atoms with van der Waals surface area (Å²) in [4.78, 5) is 41.0. The van der Waals surface area contributed by atoms with E-state index in [1.54, 1.807) is 29.2 Å². The van der Waals surface area contributed by atoms with E-state index in [-0.39, 0.29) is 12.5 Å². The monoisotopic (exact) mass is 434 g/mol. The predicted octanol–water partition coefficient (Wildman–Crippen LogP) is 3.87. The number of amides is 3. The third-order valence-electron chi connectivity index (χ3n) is 5.20. The van der Waals surface area contributed by atoms with Crippen molar-refractivity contribution >= 4 is 34.9 Å². The first-order chi connectivity index (χ1) is 15.0. The zero-order valence-corrected chi connectivity index (χ0v) is 17.8. The van der Waals surface area contributed by atoms with Crippen molar-refractivity contribution in [2.75, 3.05) is 19.7 Å². The van der Waals surface area contributed by atoms with Crippen LogP contribution in [-0.4, -0.2) is 46.5 Å². The first kappa shape index (κ1) is 20.9. The number of hydrogen-bond acceptors (Lipinski definition) is 5. The predicted molar refractivity (Wildman–Crippen MR) is 120 cm³/mol. The van der Waals surface area contributed by atoms with Gasteiger partial charge in [-0.15, -0.1) is 0 Å². The minimum absolute atomic E-state index is 0.221. The molecule has 0 spiro atoms. The quantitative estimate of drug-likeness (QED) is 0.510. The molecular weight excluding hydrogens is 412 g/mol. The van der Waals surface area contributed by atoms with Gasteiger partial charge in [-0.3, -0.25) is 19.3 Å². The van der Waals surface area contributed by atoms with Gasteiger partial charge in [-0.2, -0.15) is 0 Å². The van der Waals surface area contributed by atoms with Gasteiger partial charge in [0.2, 0.25) is 5.91 Å². The van der Waals surface area contributed by atoms with Crippen LogP contribution < -0.4 is 4.74 Å². The maximum Gasteiger partial charge on any atom is 0.294 e. The van der Waals surface area contributed by atoms with E-state index in [2.05, 4.69) is 12.6 Å². The summed E-state index contributed by atoms with van der Waals surface area (Å²) < 4.78 is 5.44. The molecule has 2 aromatic rings. The van der Waals surface area contributed by atoms with E-state index in [1.807, 2.05) is 30.3 Å². The van der Waals surface area contributed by atoms with Crippen LogP contribution in [0.3, 0.4) is 0 Å². The van der Waals surface area contributed by atoms with Crippen molar-refractivity contribution in [2.24, 2.45) is 0 Å². The molecule has 0 N–H and O–H groups in total. The van der Waals surface area contributed by atoms with E-state index >= 15 is 0 Å². The summed E-state index contributed by atoms with van der Waals surface area (Å²) in [6.45, 7) is 4.87. The van der Waals surface area contributed by atoms with E-state index in [4.69, 9.17) is 4.74 Å². The Bertz CT molecular complexity index is 1060. The Labute approximate surface area is 185 Å². The van der Waals surface area contributed by atoms with Crippen LogP contribution in [0.4, 0.5) is 4.79 Å². The maximum atomic E-state index is 12.8. The van der Waals surface area contributed by atoms with Gasteiger partial charge in [0.05, 0.1) is 4.91 Å². The molecule has 4 rings (SSSR count). The lowest BCUT2D eigenvalue weighted by atomic mass is 10.00. The number of nitrogens with zero attached hydrogens (tertiary/aromatic N) is 2. The molecule has 0 atom stereocenters. The van der Waals surface area contributed by atoms with Crippen LogP contribution in [0.5, 0.6) is 5.75 Å². The summed E-state index contributed by atoms with van der Waals surface area (Å²) in [5.41, 5.74) is 3.12. The van der Waals surface area contributed by atoms with Crippen LogP contribution in [0.2, 0.25) is 0 Å². The summed E-state index contributed by atoms with van der Waals surface area (Å²) >= 11 is 0.855. The molecule has 158 valence electrons. The van der Waals surface area contributed by atoms with Gasteiger partial charge in [0.1, 0.15) is 18.9 Å². The summed E-state index contributed by atoms with van der Waals surface area (Å²) in [5, 5.41) is -0.423. The summed E-state index contributed by atoms with van der Waals surface area (Å²) in [5.74, 6) is 0.0355. The first-order valence-electron chi connectivity index (χ1n) is 9.99. The van der Waals surface area contributed by atoms with Crippen LogP contribution in [-0.2, 0) is 22.6 Å². The topological polar surface area (TPSA) is 66.9 Å². The minimum Gasteiger partial charge on any atom is -0.490 e. The van der Waals surface area contributed by atoms with Gasteiger partial charge < -0.3 is 9.64 Å². The molecule has 2 aliphatic rings. The molecule has 7 heteroatoms. The van der Waals surface area contributed by atoms with Crippen LogP contribution in [0.15, 0.2) is 66.1 Å². The van der Waals surface area contributed by atoms with Crippen LogP contribution >= 0.6 is 11.8 Å². The second-order valence-corrected chi connectivity index (χ2v) is 8.26. The normalized spacial score (nSPS) is 17.1. The number of carbonyl (C=O) groups excluding carboxylic acids is 3. The Morgan fingerprint density at radius 3 is 2.58 bits per heavy atom. The fraction of sp³-hybridized carbons (Fsp3) is 0.208. The smallest absolute Gasteiger partial charge is 0.294 e. The molecule has 3 amide bonds. The molecule has 1 saturated heterocycles. The molecule has 1 fully saturated rings. The Kier molecular flexibility index (Phi) is 6.23. The molecule has 0 unspecified atom stereocenters. The Hall–Kier alpha value is -3.32. The second kappa shape index (κ2) is 9.22. The highest BCUT2D eigenvalue weighted by atomic mass is 32.2. The van der Waals surface area contributed by atoms with Gasteiger partial charge in [0.25, 0.3) is 11.1 Å². The van der Waals surface area contributed by atoms with Crippen molar-refractivity contribution < 1.29 is 19.1 Å². The van der Waals surface area contributed by atoms with Gasteiger partial charge in [0, 0.05) is 13.1 Å². The molecule has 0 aliphatic carbocycles.